The Kier molecular flexibility index (Phi) is 6.03. The van der Waals surface area contributed by atoms with Crippen molar-refractivity contribution >= 4 is 11.6 Å². The molecule has 1 N–H and O–H groups in total. The van der Waals surface area contributed by atoms with Crippen molar-refractivity contribution in [3.8, 4) is 5.75 Å². The van der Waals surface area contributed by atoms with Crippen LogP contribution in [0.3, 0.4) is 0 Å². The first-order valence-corrected chi connectivity index (χ1v) is 8.92. The number of nitrogens with zero attached hydrogens (tertiary/aromatic N) is 2. The molecule has 1 aliphatic heterocycles. The van der Waals surface area contributed by atoms with Gasteiger partial charge in [0.25, 0.3) is 11.6 Å². The molecule has 1 fully saturated rings. The monoisotopic (exact) mass is 370 g/mol. The molecule has 0 radical (unpaired) electrons. The summed E-state index contributed by atoms with van der Waals surface area (Å²) in [4.78, 5) is 24.2. The topological polar surface area (TPSA) is 92.9 Å². The van der Waals surface area contributed by atoms with Gasteiger partial charge in [-0.15, -0.1) is 0 Å². The number of carbonyl (C=O) groups is 1. The SMILES string of the molecule is O=C(COc1ccc([N+](=O)[O-])cc1)N1CCC([C@H](O)c2ccccc2)CC1. The van der Waals surface area contributed by atoms with E-state index in [2.05, 4.69) is 0 Å². The summed E-state index contributed by atoms with van der Waals surface area (Å²) in [5.41, 5.74) is 0.886. The first-order chi connectivity index (χ1) is 13.0. The van der Waals surface area contributed by atoms with Gasteiger partial charge in [0.05, 0.1) is 11.0 Å². The third-order valence-electron chi connectivity index (χ3n) is 4.89. The van der Waals surface area contributed by atoms with Crippen molar-refractivity contribution in [3.05, 3.63) is 70.3 Å². The van der Waals surface area contributed by atoms with Gasteiger partial charge in [0.1, 0.15) is 5.75 Å². The normalized spacial score (nSPS) is 16.0. The molecule has 0 aromatic heterocycles. The Labute approximate surface area is 157 Å². The smallest absolute Gasteiger partial charge is 0.269 e. The van der Waals surface area contributed by atoms with E-state index in [1.807, 2.05) is 30.3 Å². The maximum atomic E-state index is 12.3. The van der Waals surface area contributed by atoms with Gasteiger partial charge in [-0.2, -0.15) is 0 Å². The first kappa shape index (κ1) is 18.8. The van der Waals surface area contributed by atoms with Crippen LogP contribution in [0.4, 0.5) is 5.69 Å². The number of likely N-dealkylation sites (tertiary alicyclic amines) is 1. The highest BCUT2D eigenvalue weighted by molar-refractivity contribution is 5.77. The van der Waals surface area contributed by atoms with Crippen LogP contribution in [0.15, 0.2) is 54.6 Å². The van der Waals surface area contributed by atoms with Gasteiger partial charge in [0.15, 0.2) is 6.61 Å². The molecule has 0 aliphatic carbocycles. The van der Waals surface area contributed by atoms with E-state index >= 15 is 0 Å². The van der Waals surface area contributed by atoms with Crippen molar-refractivity contribution < 1.29 is 19.6 Å². The molecule has 1 aliphatic rings. The summed E-state index contributed by atoms with van der Waals surface area (Å²) in [7, 11) is 0. The Morgan fingerprint density at radius 3 is 2.37 bits per heavy atom. The van der Waals surface area contributed by atoms with Crippen molar-refractivity contribution in [2.75, 3.05) is 19.7 Å². The van der Waals surface area contributed by atoms with Crippen molar-refractivity contribution in [1.82, 2.24) is 4.90 Å². The summed E-state index contributed by atoms with van der Waals surface area (Å²) in [6.07, 6.45) is 0.957. The second-order valence-corrected chi connectivity index (χ2v) is 6.61. The zero-order chi connectivity index (χ0) is 19.2. The van der Waals surface area contributed by atoms with Gasteiger partial charge < -0.3 is 14.7 Å². The summed E-state index contributed by atoms with van der Waals surface area (Å²) >= 11 is 0. The molecule has 1 heterocycles. The van der Waals surface area contributed by atoms with Crippen LogP contribution in [0, 0.1) is 16.0 Å². The zero-order valence-electron chi connectivity index (χ0n) is 14.9. The lowest BCUT2D eigenvalue weighted by molar-refractivity contribution is -0.384. The van der Waals surface area contributed by atoms with Gasteiger partial charge in [0, 0.05) is 25.2 Å². The summed E-state index contributed by atoms with van der Waals surface area (Å²) < 4.78 is 5.44. The molecule has 7 heteroatoms. The molecular weight excluding hydrogens is 348 g/mol. The molecule has 142 valence electrons. The molecule has 2 aromatic carbocycles. The number of hydrogen-bond donors (Lipinski definition) is 1. The molecule has 1 atom stereocenters. The average molecular weight is 370 g/mol. The van der Waals surface area contributed by atoms with Crippen LogP contribution in [-0.2, 0) is 4.79 Å². The fraction of sp³-hybridized carbons (Fsp3) is 0.350. The number of amides is 1. The molecule has 0 bridgehead atoms. The zero-order valence-corrected chi connectivity index (χ0v) is 14.9. The number of piperidine rings is 1. The molecular formula is C20H22N2O5. The predicted molar refractivity (Wildman–Crippen MR) is 99.3 cm³/mol. The number of carbonyl (C=O) groups excluding carboxylic acids is 1. The van der Waals surface area contributed by atoms with Crippen LogP contribution in [0.2, 0.25) is 0 Å². The van der Waals surface area contributed by atoms with Gasteiger partial charge in [-0.1, -0.05) is 30.3 Å². The molecule has 0 saturated carbocycles. The van der Waals surface area contributed by atoms with Crippen LogP contribution < -0.4 is 4.74 Å². The number of aliphatic hydroxyl groups is 1. The number of rotatable bonds is 6. The lowest BCUT2D eigenvalue weighted by atomic mass is 9.87. The largest absolute Gasteiger partial charge is 0.484 e. The van der Waals surface area contributed by atoms with E-state index in [4.69, 9.17) is 4.74 Å². The Morgan fingerprint density at radius 2 is 1.78 bits per heavy atom. The Hall–Kier alpha value is -2.93. The highest BCUT2D eigenvalue weighted by Gasteiger charge is 2.28. The van der Waals surface area contributed by atoms with Crippen LogP contribution in [0.25, 0.3) is 0 Å². The number of benzene rings is 2. The number of nitro groups is 1. The minimum Gasteiger partial charge on any atom is -0.484 e. The van der Waals surface area contributed by atoms with Crippen molar-refractivity contribution in [2.24, 2.45) is 5.92 Å². The Balaban J connectivity index is 1.46. The number of ether oxygens (including phenoxy) is 1. The number of nitro benzene ring substituents is 1. The quantitative estimate of drug-likeness (QED) is 0.623. The maximum Gasteiger partial charge on any atom is 0.269 e. The second-order valence-electron chi connectivity index (χ2n) is 6.61. The van der Waals surface area contributed by atoms with E-state index < -0.39 is 11.0 Å². The summed E-state index contributed by atoms with van der Waals surface area (Å²) in [6.45, 7) is 1.05. The van der Waals surface area contributed by atoms with Gasteiger partial charge in [-0.25, -0.2) is 0 Å². The van der Waals surface area contributed by atoms with Crippen molar-refractivity contribution in [3.63, 3.8) is 0 Å². The van der Waals surface area contributed by atoms with Crippen LogP contribution >= 0.6 is 0 Å². The first-order valence-electron chi connectivity index (χ1n) is 8.92. The van der Waals surface area contributed by atoms with Crippen molar-refractivity contribution in [2.45, 2.75) is 18.9 Å². The molecule has 27 heavy (non-hydrogen) atoms. The van der Waals surface area contributed by atoms with E-state index in [0.717, 1.165) is 18.4 Å². The van der Waals surface area contributed by atoms with E-state index in [-0.39, 0.29) is 24.1 Å². The molecule has 1 amide bonds. The van der Waals surface area contributed by atoms with Crippen molar-refractivity contribution in [1.29, 1.82) is 0 Å². The third kappa shape index (κ3) is 4.83. The molecule has 7 nitrogen and oxygen atoms in total. The Bertz CT molecular complexity index is 771. The number of non-ortho nitro benzene ring substituents is 1. The maximum absolute atomic E-state index is 12.3. The van der Waals surface area contributed by atoms with E-state index in [1.54, 1.807) is 4.90 Å². The summed E-state index contributed by atoms with van der Waals surface area (Å²) in [5, 5.41) is 21.1. The minimum atomic E-state index is -0.514. The second kappa shape index (κ2) is 8.64. The highest BCUT2D eigenvalue weighted by atomic mass is 16.6. The number of hydrogen-bond acceptors (Lipinski definition) is 5. The molecule has 3 rings (SSSR count). The van der Waals surface area contributed by atoms with Crippen LogP contribution in [0.5, 0.6) is 5.75 Å². The van der Waals surface area contributed by atoms with E-state index in [0.29, 0.717) is 18.8 Å². The summed E-state index contributed by atoms with van der Waals surface area (Å²) in [5.74, 6) is 0.427. The number of aliphatic hydroxyl groups excluding tert-OH is 1. The van der Waals surface area contributed by atoms with Gasteiger partial charge in [0.2, 0.25) is 0 Å². The highest BCUT2D eigenvalue weighted by Crippen LogP contribution is 2.30. The molecule has 1 saturated heterocycles. The van der Waals surface area contributed by atoms with Gasteiger partial charge in [-0.3, -0.25) is 14.9 Å². The molecule has 2 aromatic rings. The lowest BCUT2D eigenvalue weighted by Crippen LogP contribution is -2.42. The standard InChI is InChI=1S/C20H22N2O5/c23-19(14-27-18-8-6-17(7-9-18)22(25)26)21-12-10-16(11-13-21)20(24)15-4-2-1-3-5-15/h1-9,16,20,24H,10-14H2/t20-/m1/s1. The summed E-state index contributed by atoms with van der Waals surface area (Å²) in [6, 6.07) is 15.2. The Morgan fingerprint density at radius 1 is 1.15 bits per heavy atom. The van der Waals surface area contributed by atoms with E-state index in [9.17, 15) is 20.0 Å². The van der Waals surface area contributed by atoms with Gasteiger partial charge in [-0.05, 0) is 36.5 Å². The fourth-order valence-electron chi connectivity index (χ4n) is 3.29. The minimum absolute atomic E-state index is 0.0206. The van der Waals surface area contributed by atoms with Crippen LogP contribution in [-0.4, -0.2) is 40.5 Å². The van der Waals surface area contributed by atoms with E-state index in [1.165, 1.54) is 24.3 Å². The lowest BCUT2D eigenvalue weighted by Gasteiger charge is -2.34. The fourth-order valence-corrected chi connectivity index (χ4v) is 3.29. The molecule has 0 spiro atoms. The van der Waals surface area contributed by atoms with Crippen LogP contribution in [0.1, 0.15) is 24.5 Å². The predicted octanol–water partition coefficient (Wildman–Crippen LogP) is 2.95. The van der Waals surface area contributed by atoms with Gasteiger partial charge >= 0.3 is 0 Å². The average Bonchev–Trinajstić information content (AvgIpc) is 2.72. The molecule has 0 unspecified atom stereocenters. The third-order valence-corrected chi connectivity index (χ3v) is 4.89.